The minimum atomic E-state index is -0.0586. The summed E-state index contributed by atoms with van der Waals surface area (Å²) in [5, 5.41) is 3.62. The Morgan fingerprint density at radius 3 is 2.75 bits per heavy atom. The van der Waals surface area contributed by atoms with E-state index in [1.54, 1.807) is 0 Å². The van der Waals surface area contributed by atoms with E-state index in [0.29, 0.717) is 6.04 Å². The zero-order valence-corrected chi connectivity index (χ0v) is 10.8. The van der Waals surface area contributed by atoms with Crippen LogP contribution in [0.1, 0.15) is 46.5 Å². The molecule has 1 N–H and O–H groups in total. The van der Waals surface area contributed by atoms with Gasteiger partial charge in [-0.25, -0.2) is 0 Å². The molecule has 2 rings (SSSR count). The summed E-state index contributed by atoms with van der Waals surface area (Å²) in [4.78, 5) is 0. The summed E-state index contributed by atoms with van der Waals surface area (Å²) in [6.07, 6.45) is 4.74. The molecule has 2 atom stereocenters. The average Bonchev–Trinajstić information content (AvgIpc) is 2.54. The van der Waals surface area contributed by atoms with Crippen LogP contribution in [0.4, 0.5) is 0 Å². The standard InChI is InChI=1S/C13H25NO2/c1-4-5-6-11-13(15-8-7-14-11)9-12(2,3)16-10-13/h11,14H,4-10H2,1-3H3. The second-order valence-electron chi connectivity index (χ2n) is 5.79. The summed E-state index contributed by atoms with van der Waals surface area (Å²) >= 11 is 0. The topological polar surface area (TPSA) is 30.5 Å². The van der Waals surface area contributed by atoms with E-state index in [4.69, 9.17) is 9.47 Å². The molecule has 2 unspecified atom stereocenters. The van der Waals surface area contributed by atoms with Gasteiger partial charge in [0.15, 0.2) is 0 Å². The highest BCUT2D eigenvalue weighted by Gasteiger charge is 2.51. The largest absolute Gasteiger partial charge is 0.372 e. The van der Waals surface area contributed by atoms with Crippen LogP contribution in [0.3, 0.4) is 0 Å². The molecule has 2 heterocycles. The molecular formula is C13H25NO2. The van der Waals surface area contributed by atoms with Crippen molar-refractivity contribution < 1.29 is 9.47 Å². The van der Waals surface area contributed by atoms with Crippen molar-refractivity contribution in [3.8, 4) is 0 Å². The quantitative estimate of drug-likeness (QED) is 0.801. The predicted octanol–water partition coefficient (Wildman–Crippen LogP) is 2.10. The van der Waals surface area contributed by atoms with Crippen LogP contribution in [0.25, 0.3) is 0 Å². The lowest BCUT2D eigenvalue weighted by molar-refractivity contribution is -0.0997. The van der Waals surface area contributed by atoms with E-state index in [1.807, 2.05) is 0 Å². The van der Waals surface area contributed by atoms with E-state index in [9.17, 15) is 0 Å². The van der Waals surface area contributed by atoms with Crippen molar-refractivity contribution >= 4 is 0 Å². The number of ether oxygens (including phenoxy) is 2. The third kappa shape index (κ3) is 2.41. The summed E-state index contributed by atoms with van der Waals surface area (Å²) in [5.74, 6) is 0. The average molecular weight is 227 g/mol. The van der Waals surface area contributed by atoms with Crippen LogP contribution in [-0.2, 0) is 9.47 Å². The Bertz CT molecular complexity index is 242. The molecule has 2 aliphatic heterocycles. The Morgan fingerprint density at radius 2 is 2.12 bits per heavy atom. The number of unbranched alkanes of at least 4 members (excludes halogenated alkanes) is 1. The van der Waals surface area contributed by atoms with Crippen LogP contribution in [-0.4, -0.2) is 37.0 Å². The summed E-state index contributed by atoms with van der Waals surface area (Å²) in [7, 11) is 0. The number of rotatable bonds is 3. The van der Waals surface area contributed by atoms with Crippen molar-refractivity contribution in [2.75, 3.05) is 19.8 Å². The third-order valence-electron chi connectivity index (χ3n) is 3.80. The first-order valence-corrected chi connectivity index (χ1v) is 6.59. The molecule has 0 aromatic heterocycles. The first kappa shape index (κ1) is 12.3. The summed E-state index contributed by atoms with van der Waals surface area (Å²) in [6.45, 7) is 9.12. The van der Waals surface area contributed by atoms with E-state index >= 15 is 0 Å². The molecule has 0 saturated carbocycles. The SMILES string of the molecule is CCCCC1NCCOC12COC(C)(C)C2. The predicted molar refractivity (Wildman–Crippen MR) is 64.6 cm³/mol. The number of nitrogens with one attached hydrogen (secondary N) is 1. The summed E-state index contributed by atoms with van der Waals surface area (Å²) in [6, 6.07) is 0.475. The molecule has 0 radical (unpaired) electrons. The van der Waals surface area contributed by atoms with Crippen LogP contribution in [0.15, 0.2) is 0 Å². The molecule has 0 bridgehead atoms. The Morgan fingerprint density at radius 1 is 1.31 bits per heavy atom. The first-order valence-electron chi connectivity index (χ1n) is 6.59. The van der Waals surface area contributed by atoms with E-state index in [-0.39, 0.29) is 11.2 Å². The van der Waals surface area contributed by atoms with Gasteiger partial charge < -0.3 is 14.8 Å². The highest BCUT2D eigenvalue weighted by molar-refractivity contribution is 5.03. The Kier molecular flexibility index (Phi) is 3.57. The van der Waals surface area contributed by atoms with Crippen LogP contribution in [0.5, 0.6) is 0 Å². The van der Waals surface area contributed by atoms with Crippen LogP contribution in [0, 0.1) is 0 Å². The molecule has 3 nitrogen and oxygen atoms in total. The molecule has 2 saturated heterocycles. The van der Waals surface area contributed by atoms with Crippen molar-refractivity contribution in [3.05, 3.63) is 0 Å². The molecule has 0 aromatic carbocycles. The van der Waals surface area contributed by atoms with Gasteiger partial charge in [-0.2, -0.15) is 0 Å². The van der Waals surface area contributed by atoms with Gasteiger partial charge in [0.25, 0.3) is 0 Å². The van der Waals surface area contributed by atoms with Crippen molar-refractivity contribution in [2.45, 2.75) is 63.7 Å². The van der Waals surface area contributed by atoms with E-state index in [1.165, 1.54) is 19.3 Å². The van der Waals surface area contributed by atoms with E-state index in [2.05, 4.69) is 26.1 Å². The van der Waals surface area contributed by atoms with Gasteiger partial charge >= 0.3 is 0 Å². The van der Waals surface area contributed by atoms with Crippen molar-refractivity contribution in [1.29, 1.82) is 0 Å². The maximum atomic E-state index is 6.08. The lowest BCUT2D eigenvalue weighted by atomic mass is 9.83. The zero-order chi connectivity index (χ0) is 11.6. The normalized spacial score (nSPS) is 38.1. The second kappa shape index (κ2) is 4.63. The number of morpholine rings is 1. The first-order chi connectivity index (χ1) is 7.58. The maximum absolute atomic E-state index is 6.08. The fourth-order valence-corrected chi connectivity index (χ4v) is 3.00. The highest BCUT2D eigenvalue weighted by atomic mass is 16.6. The minimum absolute atomic E-state index is 0.0243. The second-order valence-corrected chi connectivity index (χ2v) is 5.79. The monoisotopic (exact) mass is 227 g/mol. The van der Waals surface area contributed by atoms with Gasteiger partial charge in [0.1, 0.15) is 5.60 Å². The van der Waals surface area contributed by atoms with Gasteiger partial charge in [-0.05, 0) is 20.3 Å². The minimum Gasteiger partial charge on any atom is -0.372 e. The molecule has 3 heteroatoms. The maximum Gasteiger partial charge on any atom is 0.109 e. The Hall–Kier alpha value is -0.120. The molecule has 1 spiro atoms. The summed E-state index contributed by atoms with van der Waals surface area (Å²) in [5.41, 5.74) is -0.0829. The lowest BCUT2D eigenvalue weighted by Crippen LogP contribution is -2.58. The Labute approximate surface area is 98.9 Å². The zero-order valence-electron chi connectivity index (χ0n) is 10.8. The Balaban J connectivity index is 2.04. The lowest BCUT2D eigenvalue weighted by Gasteiger charge is -2.41. The molecule has 2 fully saturated rings. The van der Waals surface area contributed by atoms with Gasteiger partial charge in [-0.1, -0.05) is 19.8 Å². The molecule has 0 aliphatic carbocycles. The van der Waals surface area contributed by atoms with Crippen molar-refractivity contribution in [3.63, 3.8) is 0 Å². The third-order valence-corrected chi connectivity index (χ3v) is 3.80. The van der Waals surface area contributed by atoms with E-state index < -0.39 is 0 Å². The van der Waals surface area contributed by atoms with Crippen LogP contribution < -0.4 is 5.32 Å². The highest BCUT2D eigenvalue weighted by Crippen LogP contribution is 2.40. The molecule has 0 aromatic rings. The molecule has 2 aliphatic rings. The van der Waals surface area contributed by atoms with Crippen LogP contribution >= 0.6 is 0 Å². The molecule has 16 heavy (non-hydrogen) atoms. The fourth-order valence-electron chi connectivity index (χ4n) is 3.00. The number of hydrogen-bond donors (Lipinski definition) is 1. The van der Waals surface area contributed by atoms with Gasteiger partial charge in [0.2, 0.25) is 0 Å². The van der Waals surface area contributed by atoms with Crippen molar-refractivity contribution in [2.24, 2.45) is 0 Å². The molecule has 94 valence electrons. The smallest absolute Gasteiger partial charge is 0.109 e. The fraction of sp³-hybridized carbons (Fsp3) is 1.00. The van der Waals surface area contributed by atoms with Crippen LogP contribution in [0.2, 0.25) is 0 Å². The number of hydrogen-bond acceptors (Lipinski definition) is 3. The summed E-state index contributed by atoms with van der Waals surface area (Å²) < 4.78 is 12.0. The van der Waals surface area contributed by atoms with Gasteiger partial charge in [-0.3, -0.25) is 0 Å². The van der Waals surface area contributed by atoms with Crippen molar-refractivity contribution in [1.82, 2.24) is 5.32 Å². The molecule has 0 amide bonds. The van der Waals surface area contributed by atoms with Gasteiger partial charge in [0, 0.05) is 19.0 Å². The van der Waals surface area contributed by atoms with Gasteiger partial charge in [-0.15, -0.1) is 0 Å². The molecular weight excluding hydrogens is 202 g/mol. The van der Waals surface area contributed by atoms with Gasteiger partial charge in [0.05, 0.1) is 18.8 Å². The van der Waals surface area contributed by atoms with E-state index in [0.717, 1.165) is 26.2 Å².